The standard InChI is InChI=1S/C29H37FN4O2S/c1-18(2)25-15-23(22-10-13-27(30)20(5)14-22)16-26(19(3)4)28(25)32-29(35)33-37(31,36)24-11-8-21(9-12-24)17-34(6)7/h8-16,18-19H,17H2,1-7H3,(H3,31,32,33,35,36). The molecule has 3 aromatic carbocycles. The van der Waals surface area contributed by atoms with Crippen LogP contribution in [0.25, 0.3) is 11.1 Å². The highest BCUT2D eigenvalue weighted by atomic mass is 32.2. The Bertz CT molecular complexity index is 1380. The van der Waals surface area contributed by atoms with Gasteiger partial charge in [-0.25, -0.2) is 18.5 Å². The number of benzene rings is 3. The van der Waals surface area contributed by atoms with Crippen molar-refractivity contribution in [3.8, 4) is 11.1 Å². The highest BCUT2D eigenvalue weighted by Gasteiger charge is 2.20. The molecule has 2 amide bonds. The molecule has 3 aromatic rings. The summed E-state index contributed by atoms with van der Waals surface area (Å²) >= 11 is 0. The second kappa shape index (κ2) is 11.5. The first-order valence-electron chi connectivity index (χ1n) is 12.3. The van der Waals surface area contributed by atoms with Crippen molar-refractivity contribution < 1.29 is 13.4 Å². The zero-order chi connectivity index (χ0) is 27.5. The average Bonchev–Trinajstić information content (AvgIpc) is 2.80. The summed E-state index contributed by atoms with van der Waals surface area (Å²) in [6.07, 6.45) is 0. The minimum atomic E-state index is -3.44. The second-order valence-electron chi connectivity index (χ2n) is 10.3. The van der Waals surface area contributed by atoms with E-state index in [9.17, 15) is 13.4 Å². The highest BCUT2D eigenvalue weighted by molar-refractivity contribution is 7.91. The Morgan fingerprint density at radius 3 is 2.03 bits per heavy atom. The average molecular weight is 525 g/mol. The molecule has 0 spiro atoms. The maximum Gasteiger partial charge on any atom is 0.354 e. The van der Waals surface area contributed by atoms with Gasteiger partial charge in [0.15, 0.2) is 0 Å². The summed E-state index contributed by atoms with van der Waals surface area (Å²) in [6.45, 7) is 10.6. The summed E-state index contributed by atoms with van der Waals surface area (Å²) < 4.78 is 30.9. The van der Waals surface area contributed by atoms with E-state index in [2.05, 4.69) is 9.68 Å². The number of nitrogens with one attached hydrogen (secondary N) is 1. The number of carbonyl (C=O) groups excluding carboxylic acids is 1. The molecule has 0 saturated heterocycles. The van der Waals surface area contributed by atoms with Crippen LogP contribution in [0.5, 0.6) is 0 Å². The molecular formula is C29H37FN4O2S. The largest absolute Gasteiger partial charge is 0.354 e. The van der Waals surface area contributed by atoms with Crippen molar-refractivity contribution in [3.05, 3.63) is 82.7 Å². The minimum Gasteiger partial charge on any atom is -0.305 e. The third-order valence-electron chi connectivity index (χ3n) is 6.14. The molecule has 0 bridgehead atoms. The van der Waals surface area contributed by atoms with Gasteiger partial charge < -0.3 is 10.2 Å². The molecule has 0 aliphatic carbocycles. The fourth-order valence-electron chi connectivity index (χ4n) is 4.19. The number of nitrogens with two attached hydrogens (primary N) is 1. The number of halogens is 1. The van der Waals surface area contributed by atoms with Crippen molar-refractivity contribution in [1.82, 2.24) is 4.90 Å². The first-order chi connectivity index (χ1) is 17.3. The van der Waals surface area contributed by atoms with Crippen molar-refractivity contribution >= 4 is 21.6 Å². The first-order valence-corrected chi connectivity index (χ1v) is 13.9. The van der Waals surface area contributed by atoms with Gasteiger partial charge in [-0.1, -0.05) is 45.9 Å². The normalized spacial score (nSPS) is 13.2. The smallest absolute Gasteiger partial charge is 0.305 e. The monoisotopic (exact) mass is 524 g/mol. The predicted molar refractivity (Wildman–Crippen MR) is 151 cm³/mol. The fraction of sp³-hybridized carbons (Fsp3) is 0.345. The van der Waals surface area contributed by atoms with E-state index in [4.69, 9.17) is 5.14 Å². The van der Waals surface area contributed by atoms with Gasteiger partial charge in [0.2, 0.25) is 0 Å². The van der Waals surface area contributed by atoms with Gasteiger partial charge in [0.05, 0.1) is 4.90 Å². The molecule has 3 rings (SSSR count). The zero-order valence-corrected chi connectivity index (χ0v) is 23.4. The van der Waals surface area contributed by atoms with Crippen LogP contribution in [0.3, 0.4) is 0 Å². The van der Waals surface area contributed by atoms with Gasteiger partial charge in [0.1, 0.15) is 15.7 Å². The van der Waals surface area contributed by atoms with Gasteiger partial charge in [-0.2, -0.15) is 0 Å². The quantitative estimate of drug-likeness (QED) is 0.347. The summed E-state index contributed by atoms with van der Waals surface area (Å²) in [5.41, 5.74) is 5.88. The van der Waals surface area contributed by atoms with E-state index in [-0.39, 0.29) is 17.7 Å². The second-order valence-corrected chi connectivity index (χ2v) is 12.1. The molecule has 0 fully saturated rings. The van der Waals surface area contributed by atoms with E-state index in [0.717, 1.165) is 34.4 Å². The molecule has 37 heavy (non-hydrogen) atoms. The molecule has 0 aromatic heterocycles. The van der Waals surface area contributed by atoms with Crippen molar-refractivity contribution in [2.45, 2.75) is 57.9 Å². The summed E-state index contributed by atoms with van der Waals surface area (Å²) in [4.78, 5) is 15.3. The fourth-order valence-corrected chi connectivity index (χ4v) is 5.12. The Morgan fingerprint density at radius 1 is 0.973 bits per heavy atom. The van der Waals surface area contributed by atoms with E-state index in [1.807, 2.05) is 77.0 Å². The lowest BCUT2D eigenvalue weighted by molar-refractivity contribution is 0.260. The number of amides is 2. The van der Waals surface area contributed by atoms with E-state index in [1.54, 1.807) is 25.1 Å². The number of aryl methyl sites for hydroxylation is 1. The Balaban J connectivity index is 2.01. The minimum absolute atomic E-state index is 0.0702. The number of hydrogen-bond acceptors (Lipinski definition) is 3. The van der Waals surface area contributed by atoms with E-state index in [0.29, 0.717) is 16.1 Å². The Hall–Kier alpha value is -3.07. The maximum absolute atomic E-state index is 13.9. The summed E-state index contributed by atoms with van der Waals surface area (Å²) in [5.74, 6) is -0.110. The molecule has 0 aliphatic heterocycles. The maximum atomic E-state index is 13.9. The Morgan fingerprint density at radius 2 is 1.54 bits per heavy atom. The third kappa shape index (κ3) is 7.03. The van der Waals surface area contributed by atoms with Crippen LogP contribution >= 0.6 is 0 Å². The first kappa shape index (κ1) is 28.5. The summed E-state index contributed by atoms with van der Waals surface area (Å²) in [6, 6.07) is 15.2. The van der Waals surface area contributed by atoms with Crippen molar-refractivity contribution in [3.63, 3.8) is 0 Å². The molecule has 3 N–H and O–H groups in total. The van der Waals surface area contributed by atoms with Crippen LogP contribution < -0.4 is 10.5 Å². The van der Waals surface area contributed by atoms with Crippen LogP contribution in [-0.2, 0) is 16.5 Å². The Labute approximate surface area is 220 Å². The van der Waals surface area contributed by atoms with E-state index < -0.39 is 15.9 Å². The van der Waals surface area contributed by atoms with Gasteiger partial charge in [-0.3, -0.25) is 0 Å². The molecular weight excluding hydrogens is 487 g/mol. The summed E-state index contributed by atoms with van der Waals surface area (Å²) in [5, 5.41) is 8.90. The third-order valence-corrected chi connectivity index (χ3v) is 7.53. The van der Waals surface area contributed by atoms with Gasteiger partial charge in [-0.15, -0.1) is 4.36 Å². The zero-order valence-electron chi connectivity index (χ0n) is 22.6. The van der Waals surface area contributed by atoms with Crippen LogP contribution in [0.4, 0.5) is 14.9 Å². The van der Waals surface area contributed by atoms with Crippen molar-refractivity contribution in [2.75, 3.05) is 19.4 Å². The van der Waals surface area contributed by atoms with Gasteiger partial charge >= 0.3 is 6.03 Å². The lowest BCUT2D eigenvalue weighted by Crippen LogP contribution is -2.19. The molecule has 0 saturated carbocycles. The predicted octanol–water partition coefficient (Wildman–Crippen LogP) is 7.04. The number of urea groups is 1. The number of carbonyl (C=O) groups is 1. The van der Waals surface area contributed by atoms with Crippen molar-refractivity contribution in [1.29, 1.82) is 0 Å². The summed E-state index contributed by atoms with van der Waals surface area (Å²) in [7, 11) is 0.487. The topological polar surface area (TPSA) is 87.8 Å². The molecule has 6 nitrogen and oxygen atoms in total. The highest BCUT2D eigenvalue weighted by Crippen LogP contribution is 2.37. The number of nitrogens with zero attached hydrogens (tertiary/aromatic N) is 2. The van der Waals surface area contributed by atoms with E-state index >= 15 is 0 Å². The van der Waals surface area contributed by atoms with Crippen LogP contribution in [0.15, 0.2) is 63.9 Å². The lowest BCUT2D eigenvalue weighted by Gasteiger charge is -2.22. The van der Waals surface area contributed by atoms with Crippen LogP contribution in [-0.4, -0.2) is 29.2 Å². The molecule has 0 aliphatic rings. The van der Waals surface area contributed by atoms with Crippen LogP contribution in [0, 0.1) is 12.7 Å². The number of rotatable bonds is 7. The molecule has 198 valence electrons. The molecule has 0 heterocycles. The van der Waals surface area contributed by atoms with Gasteiger partial charge in [0.25, 0.3) is 0 Å². The van der Waals surface area contributed by atoms with Crippen LogP contribution in [0.1, 0.15) is 61.8 Å². The molecule has 1 atom stereocenters. The molecule has 1 unspecified atom stereocenters. The van der Waals surface area contributed by atoms with Crippen LogP contribution in [0.2, 0.25) is 0 Å². The number of hydrogen-bond donors (Lipinski definition) is 2. The number of anilines is 1. The van der Waals surface area contributed by atoms with Crippen molar-refractivity contribution in [2.24, 2.45) is 9.50 Å². The van der Waals surface area contributed by atoms with Gasteiger partial charge in [-0.05, 0) is 103 Å². The Kier molecular flexibility index (Phi) is 8.89. The van der Waals surface area contributed by atoms with Gasteiger partial charge in [0, 0.05) is 12.2 Å². The lowest BCUT2D eigenvalue weighted by atomic mass is 9.88. The molecule has 0 radical (unpaired) electrons. The van der Waals surface area contributed by atoms with E-state index in [1.165, 1.54) is 6.07 Å². The SMILES string of the molecule is Cc1cc(-c2cc(C(C)C)c(NC(=O)N=S(N)(=O)c3ccc(CN(C)C)cc3)c(C(C)C)c2)ccc1F. The molecule has 8 heteroatoms.